The van der Waals surface area contributed by atoms with E-state index in [1.54, 1.807) is 0 Å². The Balaban J connectivity index is 1.18. The van der Waals surface area contributed by atoms with Crippen LogP contribution in [0, 0.1) is 0 Å². The number of rotatable bonds is 10. The van der Waals surface area contributed by atoms with Crippen molar-refractivity contribution in [3.63, 3.8) is 0 Å². The maximum Gasteiger partial charge on any atom is 0.119 e. The monoisotopic (exact) mass is 550 g/mol. The molecule has 41 heavy (non-hydrogen) atoms. The standard InChI is InChI=1S/C37H46N2O2/c1-2-8-22-38(21-7-1)26-28-41-34-18-20-36-32(29-34)15-19-35(30-11-5-3-6-12-30)37(36)31-13-16-33(17-14-31)40-27-25-39-23-9-4-10-24-39/h3,5-6,11-14,16-18,20,29H,1-2,4,7-10,15,19,21-28H2. The first-order chi connectivity index (χ1) is 20.3. The van der Waals surface area contributed by atoms with E-state index in [1.165, 1.54) is 105 Å². The summed E-state index contributed by atoms with van der Waals surface area (Å²) in [6, 6.07) is 26.4. The minimum absolute atomic E-state index is 0.751. The van der Waals surface area contributed by atoms with Crippen LogP contribution >= 0.6 is 0 Å². The Bertz CT molecular complexity index is 1270. The fourth-order valence-electron chi connectivity index (χ4n) is 6.76. The molecule has 0 saturated carbocycles. The van der Waals surface area contributed by atoms with E-state index in [-0.39, 0.29) is 0 Å². The van der Waals surface area contributed by atoms with Crippen molar-refractivity contribution in [3.8, 4) is 11.5 Å². The third kappa shape index (κ3) is 7.42. The summed E-state index contributed by atoms with van der Waals surface area (Å²) in [6.07, 6.45) is 11.5. The largest absolute Gasteiger partial charge is 0.492 e. The molecule has 3 aromatic carbocycles. The van der Waals surface area contributed by atoms with Gasteiger partial charge >= 0.3 is 0 Å². The highest BCUT2D eigenvalue weighted by Gasteiger charge is 2.22. The predicted molar refractivity (Wildman–Crippen MR) is 170 cm³/mol. The Kier molecular flexibility index (Phi) is 9.72. The van der Waals surface area contributed by atoms with Gasteiger partial charge in [0.1, 0.15) is 24.7 Å². The van der Waals surface area contributed by atoms with Crippen molar-refractivity contribution in [3.05, 3.63) is 95.1 Å². The summed E-state index contributed by atoms with van der Waals surface area (Å²) in [5, 5.41) is 0. The fourth-order valence-corrected chi connectivity index (χ4v) is 6.76. The average molecular weight is 551 g/mol. The van der Waals surface area contributed by atoms with E-state index in [4.69, 9.17) is 9.47 Å². The van der Waals surface area contributed by atoms with E-state index in [9.17, 15) is 0 Å². The van der Waals surface area contributed by atoms with Gasteiger partial charge in [0.25, 0.3) is 0 Å². The van der Waals surface area contributed by atoms with Gasteiger partial charge in [-0.3, -0.25) is 9.80 Å². The van der Waals surface area contributed by atoms with Gasteiger partial charge in [0.2, 0.25) is 0 Å². The molecule has 2 saturated heterocycles. The highest BCUT2D eigenvalue weighted by Crippen LogP contribution is 2.42. The van der Waals surface area contributed by atoms with E-state index in [0.717, 1.165) is 50.6 Å². The quantitative estimate of drug-likeness (QED) is 0.258. The third-order valence-corrected chi connectivity index (χ3v) is 9.06. The number of nitrogens with zero attached hydrogens (tertiary/aromatic N) is 2. The van der Waals surface area contributed by atoms with Gasteiger partial charge in [0, 0.05) is 13.1 Å². The average Bonchev–Trinajstić information content (AvgIpc) is 3.31. The van der Waals surface area contributed by atoms with Gasteiger partial charge < -0.3 is 9.47 Å². The molecule has 1 aliphatic carbocycles. The van der Waals surface area contributed by atoms with Crippen LogP contribution in [0.3, 0.4) is 0 Å². The van der Waals surface area contributed by atoms with Crippen molar-refractivity contribution in [1.29, 1.82) is 0 Å². The Morgan fingerprint density at radius 2 is 1.12 bits per heavy atom. The minimum atomic E-state index is 0.751. The summed E-state index contributed by atoms with van der Waals surface area (Å²) in [7, 11) is 0. The molecular weight excluding hydrogens is 504 g/mol. The van der Waals surface area contributed by atoms with Crippen molar-refractivity contribution in [1.82, 2.24) is 9.80 Å². The lowest BCUT2D eigenvalue weighted by Gasteiger charge is -2.26. The van der Waals surface area contributed by atoms with Crippen LogP contribution in [0.25, 0.3) is 11.1 Å². The number of piperidine rings is 1. The Morgan fingerprint density at radius 1 is 0.537 bits per heavy atom. The first kappa shape index (κ1) is 28.1. The molecule has 0 amide bonds. The number of fused-ring (bicyclic) bond motifs is 1. The van der Waals surface area contributed by atoms with Gasteiger partial charge in [-0.15, -0.1) is 0 Å². The number of benzene rings is 3. The van der Waals surface area contributed by atoms with Crippen LogP contribution < -0.4 is 9.47 Å². The van der Waals surface area contributed by atoms with Crippen LogP contribution in [0.15, 0.2) is 72.8 Å². The van der Waals surface area contributed by atoms with Crippen molar-refractivity contribution >= 4 is 11.1 Å². The molecule has 6 rings (SSSR count). The van der Waals surface area contributed by atoms with Crippen LogP contribution in [0.4, 0.5) is 0 Å². The lowest BCUT2D eigenvalue weighted by atomic mass is 9.79. The molecule has 2 aliphatic heterocycles. The highest BCUT2D eigenvalue weighted by atomic mass is 16.5. The molecule has 0 unspecified atom stereocenters. The maximum atomic E-state index is 6.29. The van der Waals surface area contributed by atoms with Crippen molar-refractivity contribution in [2.75, 3.05) is 52.5 Å². The molecule has 0 spiro atoms. The molecule has 0 radical (unpaired) electrons. The summed E-state index contributed by atoms with van der Waals surface area (Å²) in [4.78, 5) is 5.10. The lowest BCUT2D eigenvalue weighted by molar-refractivity contribution is 0.183. The summed E-state index contributed by atoms with van der Waals surface area (Å²) < 4.78 is 12.4. The van der Waals surface area contributed by atoms with Crippen LogP contribution in [-0.2, 0) is 6.42 Å². The second-order valence-corrected chi connectivity index (χ2v) is 11.9. The molecule has 216 valence electrons. The Labute approximate surface area is 247 Å². The normalized spacial score (nSPS) is 18.5. The molecule has 0 bridgehead atoms. The first-order valence-corrected chi connectivity index (χ1v) is 16.1. The number of allylic oxidation sites excluding steroid dienone is 1. The summed E-state index contributed by atoms with van der Waals surface area (Å²) in [5.41, 5.74) is 8.04. The molecule has 3 aromatic rings. The highest BCUT2D eigenvalue weighted by molar-refractivity contribution is 6.00. The number of ether oxygens (including phenoxy) is 2. The van der Waals surface area contributed by atoms with Crippen LogP contribution in [-0.4, -0.2) is 62.3 Å². The summed E-state index contributed by atoms with van der Waals surface area (Å²) >= 11 is 0. The third-order valence-electron chi connectivity index (χ3n) is 9.06. The molecule has 0 N–H and O–H groups in total. The van der Waals surface area contributed by atoms with E-state index in [2.05, 4.69) is 82.6 Å². The van der Waals surface area contributed by atoms with Crippen LogP contribution in [0.2, 0.25) is 0 Å². The van der Waals surface area contributed by atoms with E-state index in [0.29, 0.717) is 0 Å². The maximum absolute atomic E-state index is 6.29. The molecular formula is C37H46N2O2. The van der Waals surface area contributed by atoms with Gasteiger partial charge in [-0.25, -0.2) is 0 Å². The second-order valence-electron chi connectivity index (χ2n) is 11.9. The van der Waals surface area contributed by atoms with E-state index < -0.39 is 0 Å². The molecule has 0 aromatic heterocycles. The zero-order valence-corrected chi connectivity index (χ0v) is 24.7. The number of hydrogen-bond donors (Lipinski definition) is 0. The van der Waals surface area contributed by atoms with Gasteiger partial charge in [0.15, 0.2) is 0 Å². The Hall–Kier alpha value is -3.08. The zero-order valence-electron chi connectivity index (χ0n) is 24.7. The van der Waals surface area contributed by atoms with Crippen molar-refractivity contribution in [2.24, 2.45) is 0 Å². The van der Waals surface area contributed by atoms with Gasteiger partial charge in [-0.2, -0.15) is 0 Å². The molecule has 2 fully saturated rings. The molecule has 2 heterocycles. The van der Waals surface area contributed by atoms with E-state index >= 15 is 0 Å². The molecule has 0 atom stereocenters. The van der Waals surface area contributed by atoms with Gasteiger partial charge in [0.05, 0.1) is 0 Å². The topological polar surface area (TPSA) is 24.9 Å². The van der Waals surface area contributed by atoms with Crippen LogP contribution in [0.1, 0.15) is 73.6 Å². The predicted octanol–water partition coefficient (Wildman–Crippen LogP) is 7.71. The SMILES string of the molecule is c1ccc(C2=C(c3ccc(OCCN4CCCCC4)cc3)c3ccc(OCCN4CCCCCC4)cc3CC2)cc1. The second kappa shape index (κ2) is 14.2. The zero-order chi connectivity index (χ0) is 27.7. The minimum Gasteiger partial charge on any atom is -0.492 e. The van der Waals surface area contributed by atoms with Crippen LogP contribution in [0.5, 0.6) is 11.5 Å². The summed E-state index contributed by atoms with van der Waals surface area (Å²) in [5.74, 6) is 1.95. The van der Waals surface area contributed by atoms with Crippen molar-refractivity contribution < 1.29 is 9.47 Å². The van der Waals surface area contributed by atoms with E-state index in [1.807, 2.05) is 0 Å². The molecule has 4 nitrogen and oxygen atoms in total. The smallest absolute Gasteiger partial charge is 0.119 e. The lowest BCUT2D eigenvalue weighted by Crippen LogP contribution is -2.33. The summed E-state index contributed by atoms with van der Waals surface area (Å²) in [6.45, 7) is 8.40. The number of hydrogen-bond acceptors (Lipinski definition) is 4. The number of aryl methyl sites for hydroxylation is 1. The molecule has 4 heteroatoms. The van der Waals surface area contributed by atoms with Crippen molar-refractivity contribution in [2.45, 2.75) is 57.8 Å². The van der Waals surface area contributed by atoms with Gasteiger partial charge in [-0.05, 0) is 122 Å². The van der Waals surface area contributed by atoms with Gasteiger partial charge in [-0.1, -0.05) is 67.8 Å². The Morgan fingerprint density at radius 3 is 1.78 bits per heavy atom. The first-order valence-electron chi connectivity index (χ1n) is 16.1. The number of likely N-dealkylation sites (tertiary alicyclic amines) is 2. The molecule has 3 aliphatic rings. The fraction of sp³-hybridized carbons (Fsp3) is 0.459.